The SMILES string of the molecule is Cc1nc2cc3ncc(C)[nH]c3c(C)c2n1. The first-order chi connectivity index (χ1) is 7.65. The summed E-state index contributed by atoms with van der Waals surface area (Å²) in [6.07, 6.45) is 1.83. The number of imidazole rings is 1. The maximum Gasteiger partial charge on any atom is 0.126 e. The van der Waals surface area contributed by atoms with E-state index in [1.165, 1.54) is 0 Å². The summed E-state index contributed by atoms with van der Waals surface area (Å²) in [5.74, 6) is 0.810. The van der Waals surface area contributed by atoms with Gasteiger partial charge in [-0.2, -0.15) is 0 Å². The minimum absolute atomic E-state index is 0.810. The number of hydrogen-bond donors (Lipinski definition) is 1. The molecule has 80 valence electrons. The first-order valence-electron chi connectivity index (χ1n) is 5.24. The van der Waals surface area contributed by atoms with E-state index in [0.717, 1.165) is 39.1 Å². The molecule has 0 fully saturated rings. The fourth-order valence-electron chi connectivity index (χ4n) is 2.02. The molecule has 0 spiro atoms. The lowest BCUT2D eigenvalue weighted by atomic mass is 10.1. The van der Waals surface area contributed by atoms with E-state index in [1.54, 1.807) is 0 Å². The van der Waals surface area contributed by atoms with Crippen LogP contribution < -0.4 is 0 Å². The summed E-state index contributed by atoms with van der Waals surface area (Å²) in [6.45, 7) is 5.96. The number of aryl methyl sites for hydroxylation is 3. The second-order valence-corrected chi connectivity index (χ2v) is 4.10. The fraction of sp³-hybridized carbons (Fsp3) is 0.250. The van der Waals surface area contributed by atoms with Crippen molar-refractivity contribution in [3.05, 3.63) is 29.3 Å². The molecule has 0 bridgehead atoms. The van der Waals surface area contributed by atoms with Crippen molar-refractivity contribution in [1.82, 2.24) is 19.9 Å². The number of fused-ring (bicyclic) bond motifs is 2. The maximum absolute atomic E-state index is 4.43. The summed E-state index contributed by atoms with van der Waals surface area (Å²) in [6, 6.07) is 1.98. The van der Waals surface area contributed by atoms with E-state index in [4.69, 9.17) is 0 Å². The Hall–Kier alpha value is -1.97. The van der Waals surface area contributed by atoms with Gasteiger partial charge in [-0.1, -0.05) is 0 Å². The summed E-state index contributed by atoms with van der Waals surface area (Å²) >= 11 is 0. The molecule has 0 unspecified atom stereocenters. The van der Waals surface area contributed by atoms with Crippen molar-refractivity contribution < 1.29 is 0 Å². The van der Waals surface area contributed by atoms with E-state index in [2.05, 4.69) is 26.9 Å². The normalized spacial score (nSPS) is 11.4. The zero-order valence-electron chi connectivity index (χ0n) is 9.50. The molecule has 0 saturated carbocycles. The third kappa shape index (κ3) is 1.19. The Bertz CT molecular complexity index is 697. The van der Waals surface area contributed by atoms with Crippen molar-refractivity contribution >= 4 is 22.1 Å². The molecule has 0 aliphatic carbocycles. The molecule has 3 rings (SSSR count). The molecule has 0 aliphatic heterocycles. The van der Waals surface area contributed by atoms with Gasteiger partial charge in [-0.15, -0.1) is 0 Å². The minimum atomic E-state index is 0.810. The lowest BCUT2D eigenvalue weighted by Gasteiger charge is -2.03. The molecule has 2 heterocycles. The molecule has 0 radical (unpaired) electrons. The van der Waals surface area contributed by atoms with E-state index < -0.39 is 0 Å². The number of benzene rings is 1. The van der Waals surface area contributed by atoms with Crippen LogP contribution in [0.1, 0.15) is 17.1 Å². The molecular formula is C12H12N4. The highest BCUT2D eigenvalue weighted by atomic mass is 14.9. The van der Waals surface area contributed by atoms with Crippen LogP contribution in [0.5, 0.6) is 0 Å². The molecule has 0 saturated heterocycles. The molecule has 0 atom stereocenters. The van der Waals surface area contributed by atoms with Gasteiger partial charge in [-0.05, 0) is 26.8 Å². The number of nitrogens with zero attached hydrogens (tertiary/aromatic N) is 3. The van der Waals surface area contributed by atoms with E-state index in [9.17, 15) is 0 Å². The number of aromatic amines is 1. The molecule has 4 nitrogen and oxygen atoms in total. The van der Waals surface area contributed by atoms with E-state index >= 15 is 0 Å². The summed E-state index contributed by atoms with van der Waals surface area (Å²) in [7, 11) is 0. The van der Waals surface area contributed by atoms with Crippen LogP contribution in [-0.2, 0) is 0 Å². The van der Waals surface area contributed by atoms with Crippen LogP contribution in [0.3, 0.4) is 0 Å². The second-order valence-electron chi connectivity index (χ2n) is 4.10. The Balaban J connectivity index is 2.55. The summed E-state index contributed by atoms with van der Waals surface area (Å²) < 4.78 is 0. The molecule has 3 aromatic rings. The largest absolute Gasteiger partial charge is 0.356 e. The number of nitrogens with one attached hydrogen (secondary N) is 1. The van der Waals surface area contributed by atoms with Crippen LogP contribution in [0.25, 0.3) is 22.1 Å². The second kappa shape index (κ2) is 3.01. The van der Waals surface area contributed by atoms with Crippen molar-refractivity contribution in [3.63, 3.8) is 0 Å². The molecule has 1 N–H and O–H groups in total. The zero-order chi connectivity index (χ0) is 11.3. The van der Waals surface area contributed by atoms with Crippen LogP contribution in [0.4, 0.5) is 0 Å². The highest BCUT2D eigenvalue weighted by Crippen LogP contribution is 2.23. The topological polar surface area (TPSA) is 54.5 Å². The summed E-state index contributed by atoms with van der Waals surface area (Å²) in [4.78, 5) is 16.5. The van der Waals surface area contributed by atoms with Crippen LogP contribution in [0.2, 0.25) is 0 Å². The molecule has 4 heteroatoms. The Morgan fingerprint density at radius 3 is 2.69 bits per heavy atom. The summed E-state index contributed by atoms with van der Waals surface area (Å²) in [5.41, 5.74) is 6.04. The number of aromatic nitrogens is 4. The lowest BCUT2D eigenvalue weighted by Crippen LogP contribution is -1.91. The highest BCUT2D eigenvalue weighted by molar-refractivity contribution is 5.95. The van der Waals surface area contributed by atoms with Crippen molar-refractivity contribution in [2.75, 3.05) is 0 Å². The zero-order valence-corrected chi connectivity index (χ0v) is 9.50. The van der Waals surface area contributed by atoms with Crippen LogP contribution in [0, 0.1) is 20.8 Å². The van der Waals surface area contributed by atoms with Gasteiger partial charge in [0.1, 0.15) is 5.82 Å². The smallest absolute Gasteiger partial charge is 0.126 e. The Kier molecular flexibility index (Phi) is 1.74. The number of hydrogen-bond acceptors (Lipinski definition) is 3. The maximum atomic E-state index is 4.43. The van der Waals surface area contributed by atoms with Crippen LogP contribution in [-0.4, -0.2) is 19.9 Å². The van der Waals surface area contributed by atoms with Gasteiger partial charge in [-0.25, -0.2) is 9.97 Å². The molecule has 0 amide bonds. The number of H-pyrrole nitrogens is 1. The molecule has 2 aromatic heterocycles. The van der Waals surface area contributed by atoms with Crippen LogP contribution >= 0.6 is 0 Å². The molecule has 0 aliphatic rings. The Morgan fingerprint density at radius 2 is 1.88 bits per heavy atom. The lowest BCUT2D eigenvalue weighted by molar-refractivity contribution is 1.17. The third-order valence-corrected chi connectivity index (χ3v) is 2.78. The Labute approximate surface area is 92.8 Å². The van der Waals surface area contributed by atoms with Gasteiger partial charge >= 0.3 is 0 Å². The number of rotatable bonds is 0. The van der Waals surface area contributed by atoms with Gasteiger partial charge in [0.2, 0.25) is 0 Å². The average molecular weight is 212 g/mol. The highest BCUT2D eigenvalue weighted by Gasteiger charge is 2.09. The molecule has 1 aromatic carbocycles. The van der Waals surface area contributed by atoms with Gasteiger partial charge in [0, 0.05) is 17.5 Å². The standard InChI is InChI=1S/C12H12N4/c1-6-5-13-9-4-10-12(16-8(3)15-10)7(2)11(9)14-6/h4-5,14H,1-3H3. The molecule has 16 heavy (non-hydrogen) atoms. The average Bonchev–Trinajstić information content (AvgIpc) is 2.61. The Morgan fingerprint density at radius 1 is 1.06 bits per heavy atom. The van der Waals surface area contributed by atoms with Crippen molar-refractivity contribution in [1.29, 1.82) is 0 Å². The van der Waals surface area contributed by atoms with Gasteiger partial charge in [0.05, 0.1) is 22.1 Å². The van der Waals surface area contributed by atoms with E-state index in [-0.39, 0.29) is 0 Å². The minimum Gasteiger partial charge on any atom is -0.356 e. The predicted molar refractivity (Wildman–Crippen MR) is 63.4 cm³/mol. The van der Waals surface area contributed by atoms with Gasteiger partial charge in [-0.3, -0.25) is 4.98 Å². The van der Waals surface area contributed by atoms with Gasteiger partial charge < -0.3 is 4.98 Å². The van der Waals surface area contributed by atoms with E-state index in [0.29, 0.717) is 0 Å². The first-order valence-corrected chi connectivity index (χ1v) is 5.24. The first kappa shape index (κ1) is 9.27. The van der Waals surface area contributed by atoms with Crippen molar-refractivity contribution in [3.8, 4) is 0 Å². The molecular weight excluding hydrogens is 200 g/mol. The monoisotopic (exact) mass is 212 g/mol. The summed E-state index contributed by atoms with van der Waals surface area (Å²) in [5, 5.41) is 0. The van der Waals surface area contributed by atoms with Crippen molar-refractivity contribution in [2.45, 2.75) is 20.8 Å². The van der Waals surface area contributed by atoms with E-state index in [1.807, 2.05) is 26.1 Å². The van der Waals surface area contributed by atoms with Crippen molar-refractivity contribution in [2.24, 2.45) is 0 Å². The fourth-order valence-corrected chi connectivity index (χ4v) is 2.02. The van der Waals surface area contributed by atoms with Gasteiger partial charge in [0.15, 0.2) is 0 Å². The van der Waals surface area contributed by atoms with Gasteiger partial charge in [0.25, 0.3) is 0 Å². The predicted octanol–water partition coefficient (Wildman–Crippen LogP) is 2.43. The quantitative estimate of drug-likeness (QED) is 0.622. The van der Waals surface area contributed by atoms with Crippen LogP contribution in [0.15, 0.2) is 12.3 Å². The third-order valence-electron chi connectivity index (χ3n) is 2.78.